The van der Waals surface area contributed by atoms with Crippen molar-refractivity contribution in [3.05, 3.63) is 23.7 Å². The van der Waals surface area contributed by atoms with Gasteiger partial charge >= 0.3 is 21.1 Å². The Morgan fingerprint density at radius 3 is 0.941 bits per heavy atom. The average Bonchev–Trinajstić information content (AvgIpc) is 1.79. The van der Waals surface area contributed by atoms with Gasteiger partial charge in [-0.3, -0.25) is 9.59 Å². The van der Waals surface area contributed by atoms with Gasteiger partial charge in [0.15, 0.2) is 11.6 Å². The molecule has 0 aliphatic heterocycles. The Bertz CT molecular complexity index is 234. The van der Waals surface area contributed by atoms with Gasteiger partial charge in [-0.1, -0.05) is 13.8 Å². The minimum atomic E-state index is -0.187. The van der Waals surface area contributed by atoms with Gasteiger partial charge in [0.25, 0.3) is 0 Å². The molecule has 6 nitrogen and oxygen atoms in total. The molecule has 7 heteroatoms. The molecule has 0 atom stereocenters. The van der Waals surface area contributed by atoms with Crippen LogP contribution in [0.4, 0.5) is 0 Å². The molecule has 0 unspecified atom stereocenters. The standard InChI is InChI=1S/2C5H8O2.Mo.2H2O/c2*1-4(6)3-5(2)7;;;/h2*3,6H,1-2H3;;2*1H2/q;;+4;;/p-4/b2*4-3-;;;. The molecule has 0 fully saturated rings. The zero-order valence-corrected chi connectivity index (χ0v) is 12.1. The van der Waals surface area contributed by atoms with Crippen LogP contribution < -0.4 is 10.2 Å². The first kappa shape index (κ1) is 29.8. The van der Waals surface area contributed by atoms with Crippen LogP contribution in [-0.2, 0) is 30.7 Å². The SMILES string of the molecule is CC(=O)/C=C(/C)[O-].CC(=O)/C=C(/C)[O-].[Mo+4].[OH-].[OH-]. The van der Waals surface area contributed by atoms with Gasteiger partial charge in [0.2, 0.25) is 0 Å². The predicted molar refractivity (Wildman–Crippen MR) is 52.7 cm³/mol. The van der Waals surface area contributed by atoms with Crippen molar-refractivity contribution < 1.29 is 51.8 Å². The van der Waals surface area contributed by atoms with Crippen molar-refractivity contribution in [2.45, 2.75) is 27.7 Å². The van der Waals surface area contributed by atoms with E-state index in [-0.39, 0.29) is 55.1 Å². The summed E-state index contributed by atoms with van der Waals surface area (Å²) in [7, 11) is 0. The molecular weight excluding hydrogens is 312 g/mol. The number of carbonyl (C=O) groups is 2. The molecule has 0 aromatic rings. The van der Waals surface area contributed by atoms with Gasteiger partial charge in [-0.2, -0.15) is 0 Å². The van der Waals surface area contributed by atoms with Crippen LogP contribution in [-0.4, -0.2) is 22.5 Å². The van der Waals surface area contributed by atoms with E-state index in [1.807, 2.05) is 0 Å². The average molecular weight is 328 g/mol. The molecule has 0 bridgehead atoms. The third kappa shape index (κ3) is 51.6. The Kier molecular flexibility index (Phi) is 30.5. The summed E-state index contributed by atoms with van der Waals surface area (Å²) in [5, 5.41) is 20.0. The third-order valence-electron chi connectivity index (χ3n) is 0.813. The van der Waals surface area contributed by atoms with E-state index in [1.165, 1.54) is 27.7 Å². The van der Waals surface area contributed by atoms with Crippen molar-refractivity contribution in [3.8, 4) is 0 Å². The van der Waals surface area contributed by atoms with Gasteiger partial charge in [-0.05, 0) is 26.0 Å². The fraction of sp³-hybridized carbons (Fsp3) is 0.400. The molecule has 0 heterocycles. The van der Waals surface area contributed by atoms with Crippen molar-refractivity contribution >= 4 is 11.6 Å². The molecule has 0 saturated carbocycles. The van der Waals surface area contributed by atoms with Crippen LogP contribution >= 0.6 is 0 Å². The van der Waals surface area contributed by atoms with E-state index in [9.17, 15) is 19.8 Å². The van der Waals surface area contributed by atoms with Crippen molar-refractivity contribution in [2.75, 3.05) is 0 Å². The molecule has 17 heavy (non-hydrogen) atoms. The van der Waals surface area contributed by atoms with E-state index in [1.54, 1.807) is 0 Å². The predicted octanol–water partition coefficient (Wildman–Crippen LogP) is -0.677. The van der Waals surface area contributed by atoms with Crippen molar-refractivity contribution in [3.63, 3.8) is 0 Å². The van der Waals surface area contributed by atoms with Crippen LogP contribution in [0.3, 0.4) is 0 Å². The second-order valence-electron chi connectivity index (χ2n) is 2.73. The summed E-state index contributed by atoms with van der Waals surface area (Å²) < 4.78 is 0. The van der Waals surface area contributed by atoms with Crippen LogP contribution in [0.2, 0.25) is 0 Å². The summed E-state index contributed by atoms with van der Waals surface area (Å²) >= 11 is 0. The maximum absolute atomic E-state index is 9.98. The topological polar surface area (TPSA) is 140 Å². The number of hydrogen-bond donors (Lipinski definition) is 0. The Morgan fingerprint density at radius 2 is 0.941 bits per heavy atom. The van der Waals surface area contributed by atoms with E-state index in [0.717, 1.165) is 12.2 Å². The maximum Gasteiger partial charge on any atom is 4.00 e. The number of allylic oxidation sites excluding steroid dienone is 4. The summed E-state index contributed by atoms with van der Waals surface area (Å²) in [6.45, 7) is 5.39. The van der Waals surface area contributed by atoms with Crippen LogP contribution in [0.1, 0.15) is 27.7 Å². The van der Waals surface area contributed by atoms with Gasteiger partial charge in [0.1, 0.15) is 0 Å². The smallest absolute Gasteiger partial charge is 0.876 e. The molecule has 0 radical (unpaired) electrons. The monoisotopic (exact) mass is 330 g/mol. The molecule has 0 aliphatic rings. The molecule has 0 spiro atoms. The molecule has 0 aliphatic carbocycles. The second kappa shape index (κ2) is 17.4. The number of carbonyl (C=O) groups excluding carboxylic acids is 2. The Balaban J connectivity index is -0.0000000480. The number of rotatable bonds is 2. The molecule has 0 saturated heterocycles. The minimum absolute atomic E-state index is 0. The summed E-state index contributed by atoms with van der Waals surface area (Å²) in [5.74, 6) is -0.750. The molecular formula is C10H16MoO6. The zero-order chi connectivity index (χ0) is 11.7. The van der Waals surface area contributed by atoms with Gasteiger partial charge in [-0.15, -0.1) is 11.5 Å². The third-order valence-corrected chi connectivity index (χ3v) is 0.813. The van der Waals surface area contributed by atoms with Gasteiger partial charge in [-0.25, -0.2) is 0 Å². The molecule has 2 N–H and O–H groups in total. The van der Waals surface area contributed by atoms with Crippen LogP contribution in [0.15, 0.2) is 23.7 Å². The van der Waals surface area contributed by atoms with E-state index < -0.39 is 0 Å². The number of hydrogen-bond acceptors (Lipinski definition) is 6. The molecule has 0 amide bonds. The van der Waals surface area contributed by atoms with Crippen LogP contribution in [0.25, 0.3) is 0 Å². The minimum Gasteiger partial charge on any atom is -0.876 e. The first-order valence-electron chi connectivity index (χ1n) is 3.97. The zero-order valence-electron chi connectivity index (χ0n) is 10.1. The number of ketones is 2. The Labute approximate surface area is 115 Å². The fourth-order valence-corrected chi connectivity index (χ4v) is 0.572. The molecule has 0 rings (SSSR count). The van der Waals surface area contributed by atoms with E-state index in [4.69, 9.17) is 0 Å². The van der Waals surface area contributed by atoms with Gasteiger partial charge < -0.3 is 21.2 Å². The normalized spacial score (nSPS) is 9.41. The Morgan fingerprint density at radius 1 is 0.765 bits per heavy atom. The van der Waals surface area contributed by atoms with Crippen LogP contribution in [0.5, 0.6) is 0 Å². The molecule has 98 valence electrons. The summed E-state index contributed by atoms with van der Waals surface area (Å²) in [4.78, 5) is 20.0. The fourth-order valence-electron chi connectivity index (χ4n) is 0.572. The largest absolute Gasteiger partial charge is 4.00 e. The maximum atomic E-state index is 9.98. The van der Waals surface area contributed by atoms with E-state index in [0.29, 0.717) is 0 Å². The van der Waals surface area contributed by atoms with Crippen LogP contribution in [0, 0.1) is 0 Å². The van der Waals surface area contributed by atoms with Crippen molar-refractivity contribution in [2.24, 2.45) is 0 Å². The molecule has 0 aromatic heterocycles. The first-order chi connectivity index (χ1) is 6.25. The van der Waals surface area contributed by atoms with Gasteiger partial charge in [0, 0.05) is 0 Å². The van der Waals surface area contributed by atoms with E-state index in [2.05, 4.69) is 0 Å². The van der Waals surface area contributed by atoms with Crippen molar-refractivity contribution in [1.82, 2.24) is 0 Å². The summed E-state index contributed by atoms with van der Waals surface area (Å²) in [5.41, 5.74) is 0. The quantitative estimate of drug-likeness (QED) is 0.374. The summed E-state index contributed by atoms with van der Waals surface area (Å²) in [6.07, 6.45) is 2.11. The first-order valence-corrected chi connectivity index (χ1v) is 3.97. The van der Waals surface area contributed by atoms with Gasteiger partial charge in [0.05, 0.1) is 0 Å². The Hall–Kier alpha value is -0.972. The summed E-state index contributed by atoms with van der Waals surface area (Å²) in [6, 6.07) is 0. The second-order valence-corrected chi connectivity index (χ2v) is 2.73. The van der Waals surface area contributed by atoms with E-state index >= 15 is 0 Å². The van der Waals surface area contributed by atoms with Crippen molar-refractivity contribution in [1.29, 1.82) is 0 Å². The molecule has 0 aromatic carbocycles.